The predicted molar refractivity (Wildman–Crippen MR) is 88.4 cm³/mol. The summed E-state index contributed by atoms with van der Waals surface area (Å²) in [5, 5.41) is 13.7. The highest BCUT2D eigenvalue weighted by Crippen LogP contribution is 2.30. The number of alkyl halides is 6. The highest BCUT2D eigenvalue weighted by Gasteiger charge is 2.40. The zero-order valence-corrected chi connectivity index (χ0v) is 15.5. The summed E-state index contributed by atoms with van der Waals surface area (Å²) in [5.74, 6) is 4.41. The molecular formula is C16H16F6N8. The molecule has 14 heteroatoms. The Labute approximate surface area is 166 Å². The van der Waals surface area contributed by atoms with Crippen LogP contribution in [-0.4, -0.2) is 65.5 Å². The second-order valence-corrected chi connectivity index (χ2v) is 6.95. The molecule has 0 spiro atoms. The van der Waals surface area contributed by atoms with Gasteiger partial charge in [-0.3, -0.25) is 9.80 Å². The lowest BCUT2D eigenvalue weighted by Crippen LogP contribution is -2.36. The molecule has 0 saturated heterocycles. The van der Waals surface area contributed by atoms with E-state index in [1.807, 2.05) is 9.80 Å². The molecule has 0 aromatic carbocycles. The van der Waals surface area contributed by atoms with Gasteiger partial charge in [0.2, 0.25) is 11.6 Å². The third-order valence-electron chi connectivity index (χ3n) is 4.90. The SMILES string of the molecule is FC(F)(F)c1nnc2n1CCN(CC#CCN1CCn3c(nnc3C(F)(F)F)C1)C2. The van der Waals surface area contributed by atoms with E-state index in [0.29, 0.717) is 26.2 Å². The second-order valence-electron chi connectivity index (χ2n) is 6.95. The quantitative estimate of drug-likeness (QED) is 0.524. The van der Waals surface area contributed by atoms with Crippen LogP contribution in [-0.2, 0) is 38.5 Å². The summed E-state index contributed by atoms with van der Waals surface area (Å²) in [6, 6.07) is 0. The summed E-state index contributed by atoms with van der Waals surface area (Å²) in [6.07, 6.45) is -9.07. The Morgan fingerprint density at radius 3 is 1.40 bits per heavy atom. The van der Waals surface area contributed by atoms with Gasteiger partial charge in [-0.2, -0.15) is 26.3 Å². The van der Waals surface area contributed by atoms with E-state index in [1.165, 1.54) is 0 Å². The molecule has 0 atom stereocenters. The van der Waals surface area contributed by atoms with Crippen molar-refractivity contribution < 1.29 is 26.3 Å². The van der Waals surface area contributed by atoms with Gasteiger partial charge in [-0.05, 0) is 0 Å². The van der Waals surface area contributed by atoms with Crippen LogP contribution in [0.5, 0.6) is 0 Å². The number of fused-ring (bicyclic) bond motifs is 2. The largest absolute Gasteiger partial charge is 0.451 e. The minimum Gasteiger partial charge on any atom is -0.305 e. The fourth-order valence-corrected chi connectivity index (χ4v) is 3.44. The average Bonchev–Trinajstić information content (AvgIpc) is 3.28. The maximum absolute atomic E-state index is 12.9. The van der Waals surface area contributed by atoms with Crippen molar-refractivity contribution in [1.29, 1.82) is 0 Å². The molecule has 0 N–H and O–H groups in total. The number of rotatable bonds is 2. The van der Waals surface area contributed by atoms with Crippen LogP contribution in [0.3, 0.4) is 0 Å². The van der Waals surface area contributed by atoms with Crippen molar-refractivity contribution in [2.24, 2.45) is 0 Å². The van der Waals surface area contributed by atoms with E-state index < -0.39 is 24.0 Å². The first-order valence-electron chi connectivity index (χ1n) is 9.02. The summed E-state index contributed by atoms with van der Waals surface area (Å²) in [5.41, 5.74) is 0. The van der Waals surface area contributed by atoms with Gasteiger partial charge in [-0.15, -0.1) is 20.4 Å². The third kappa shape index (κ3) is 4.12. The van der Waals surface area contributed by atoms with Gasteiger partial charge in [0.15, 0.2) is 0 Å². The van der Waals surface area contributed by atoms with Gasteiger partial charge in [-0.25, -0.2) is 0 Å². The lowest BCUT2D eigenvalue weighted by molar-refractivity contribution is -0.148. The topological polar surface area (TPSA) is 67.9 Å². The monoisotopic (exact) mass is 434 g/mol. The van der Waals surface area contributed by atoms with Gasteiger partial charge in [-0.1, -0.05) is 11.8 Å². The van der Waals surface area contributed by atoms with E-state index in [0.717, 1.165) is 9.13 Å². The Bertz CT molecular complexity index is 902. The van der Waals surface area contributed by atoms with Crippen LogP contribution in [0.4, 0.5) is 26.3 Å². The van der Waals surface area contributed by atoms with Crippen LogP contribution >= 0.6 is 0 Å². The Balaban J connectivity index is 1.30. The molecule has 0 amide bonds. The summed E-state index contributed by atoms with van der Waals surface area (Å²) in [6.45, 7) is 2.14. The molecule has 2 aromatic heterocycles. The van der Waals surface area contributed by atoms with Gasteiger partial charge in [0, 0.05) is 26.2 Å². The Morgan fingerprint density at radius 1 is 0.633 bits per heavy atom. The molecule has 8 nitrogen and oxygen atoms in total. The minimum absolute atomic E-state index is 0.127. The van der Waals surface area contributed by atoms with Crippen LogP contribution in [0.1, 0.15) is 23.3 Å². The lowest BCUT2D eigenvalue weighted by atomic mass is 10.3. The number of nitrogens with zero attached hydrogens (tertiary/aromatic N) is 8. The van der Waals surface area contributed by atoms with Gasteiger partial charge >= 0.3 is 12.4 Å². The van der Waals surface area contributed by atoms with Crippen molar-refractivity contribution in [3.05, 3.63) is 23.3 Å². The number of hydrogen-bond donors (Lipinski definition) is 0. The maximum atomic E-state index is 12.9. The number of aromatic nitrogens is 6. The Hall–Kier alpha value is -2.66. The highest BCUT2D eigenvalue weighted by molar-refractivity contribution is 5.08. The van der Waals surface area contributed by atoms with Crippen molar-refractivity contribution in [1.82, 2.24) is 39.3 Å². The molecular weight excluding hydrogens is 418 g/mol. The molecule has 0 unspecified atom stereocenters. The van der Waals surface area contributed by atoms with E-state index in [1.54, 1.807) is 0 Å². The van der Waals surface area contributed by atoms with Crippen molar-refractivity contribution in [2.45, 2.75) is 38.5 Å². The molecule has 30 heavy (non-hydrogen) atoms. The third-order valence-corrected chi connectivity index (χ3v) is 4.90. The summed E-state index contributed by atoms with van der Waals surface area (Å²) in [7, 11) is 0. The molecule has 0 bridgehead atoms. The zero-order valence-electron chi connectivity index (χ0n) is 15.5. The highest BCUT2D eigenvalue weighted by atomic mass is 19.4. The molecule has 0 aliphatic carbocycles. The first kappa shape index (κ1) is 20.6. The fraction of sp³-hybridized carbons (Fsp3) is 0.625. The Morgan fingerprint density at radius 2 is 1.03 bits per heavy atom. The van der Waals surface area contributed by atoms with Gasteiger partial charge < -0.3 is 9.13 Å². The fourth-order valence-electron chi connectivity index (χ4n) is 3.44. The standard InChI is InChI=1S/C16H16F6N8/c17-15(18,19)13-25-23-11-9-27(5-7-29(11)13)3-1-2-4-28-6-8-30-12(10-28)24-26-14(30)16(20,21)22/h3-10H2. The molecule has 2 aliphatic rings. The summed E-state index contributed by atoms with van der Waals surface area (Å²) in [4.78, 5) is 3.72. The predicted octanol–water partition coefficient (Wildman–Crippen LogP) is 1.24. The number of hydrogen-bond acceptors (Lipinski definition) is 6. The molecule has 0 radical (unpaired) electrons. The van der Waals surface area contributed by atoms with E-state index >= 15 is 0 Å². The van der Waals surface area contributed by atoms with Gasteiger partial charge in [0.25, 0.3) is 0 Å². The van der Waals surface area contributed by atoms with Crippen LogP contribution in [0.15, 0.2) is 0 Å². The molecule has 4 heterocycles. The van der Waals surface area contributed by atoms with E-state index in [4.69, 9.17) is 0 Å². The van der Waals surface area contributed by atoms with Crippen molar-refractivity contribution in [3.8, 4) is 11.8 Å². The van der Waals surface area contributed by atoms with E-state index in [9.17, 15) is 26.3 Å². The summed E-state index contributed by atoms with van der Waals surface area (Å²) < 4.78 is 79.3. The molecule has 162 valence electrons. The number of halogens is 6. The van der Waals surface area contributed by atoms with Crippen LogP contribution < -0.4 is 0 Å². The summed E-state index contributed by atoms with van der Waals surface area (Å²) >= 11 is 0. The minimum atomic E-state index is -4.53. The smallest absolute Gasteiger partial charge is 0.305 e. The van der Waals surface area contributed by atoms with E-state index in [-0.39, 0.29) is 37.8 Å². The van der Waals surface area contributed by atoms with Gasteiger partial charge in [0.1, 0.15) is 11.6 Å². The first-order valence-corrected chi connectivity index (χ1v) is 9.02. The average molecular weight is 434 g/mol. The van der Waals surface area contributed by atoms with Crippen molar-refractivity contribution >= 4 is 0 Å². The van der Waals surface area contributed by atoms with Gasteiger partial charge in [0.05, 0.1) is 26.2 Å². The Kier molecular flexibility index (Phi) is 5.18. The van der Waals surface area contributed by atoms with E-state index in [2.05, 4.69) is 32.2 Å². The van der Waals surface area contributed by atoms with Crippen LogP contribution in [0.2, 0.25) is 0 Å². The maximum Gasteiger partial charge on any atom is 0.451 e. The second kappa shape index (κ2) is 7.55. The molecule has 4 rings (SSSR count). The zero-order chi connectivity index (χ0) is 21.5. The molecule has 0 fully saturated rings. The lowest BCUT2D eigenvalue weighted by Gasteiger charge is -2.26. The normalized spacial score (nSPS) is 17.9. The van der Waals surface area contributed by atoms with Crippen LogP contribution in [0, 0.1) is 11.8 Å². The van der Waals surface area contributed by atoms with Crippen molar-refractivity contribution in [2.75, 3.05) is 26.2 Å². The van der Waals surface area contributed by atoms with Crippen molar-refractivity contribution in [3.63, 3.8) is 0 Å². The first-order chi connectivity index (χ1) is 14.1. The van der Waals surface area contributed by atoms with Crippen LogP contribution in [0.25, 0.3) is 0 Å². The molecule has 0 saturated carbocycles. The molecule has 2 aromatic rings. The molecule has 2 aliphatic heterocycles.